The van der Waals surface area contributed by atoms with Crippen LogP contribution in [0, 0.1) is 5.92 Å². The lowest BCUT2D eigenvalue weighted by atomic mass is 9.84. The second-order valence-corrected chi connectivity index (χ2v) is 6.03. The lowest BCUT2D eigenvalue weighted by molar-refractivity contribution is -0.138. The summed E-state index contributed by atoms with van der Waals surface area (Å²) in [5.41, 5.74) is 7.38. The highest BCUT2D eigenvalue weighted by Gasteiger charge is 2.37. The zero-order chi connectivity index (χ0) is 13.9. The molecule has 0 bridgehead atoms. The maximum atomic E-state index is 12.8. The van der Waals surface area contributed by atoms with Crippen LogP contribution in [0.3, 0.4) is 0 Å². The van der Waals surface area contributed by atoms with Crippen LogP contribution < -0.4 is 5.73 Å². The van der Waals surface area contributed by atoms with Gasteiger partial charge in [0.05, 0.1) is 12.0 Å². The fraction of sp³-hybridized carbons (Fsp3) is 0.625. The summed E-state index contributed by atoms with van der Waals surface area (Å²) >= 11 is 0. The van der Waals surface area contributed by atoms with Crippen LogP contribution in [0.25, 0.3) is 0 Å². The Balaban J connectivity index is 1.76. The van der Waals surface area contributed by atoms with Crippen LogP contribution in [-0.2, 0) is 4.79 Å². The zero-order valence-electron chi connectivity index (χ0n) is 11.9. The molecule has 3 unspecified atom stereocenters. The van der Waals surface area contributed by atoms with Gasteiger partial charge in [-0.3, -0.25) is 9.78 Å². The first-order valence-electron chi connectivity index (χ1n) is 7.73. The van der Waals surface area contributed by atoms with E-state index in [1.807, 2.05) is 24.5 Å². The summed E-state index contributed by atoms with van der Waals surface area (Å²) in [7, 11) is 0. The number of amides is 1. The van der Waals surface area contributed by atoms with Gasteiger partial charge in [0.15, 0.2) is 0 Å². The lowest BCUT2D eigenvalue weighted by Crippen LogP contribution is -2.45. The van der Waals surface area contributed by atoms with Gasteiger partial charge in [0.2, 0.25) is 5.91 Å². The second-order valence-electron chi connectivity index (χ2n) is 6.03. The Morgan fingerprint density at radius 3 is 2.65 bits per heavy atom. The van der Waals surface area contributed by atoms with Gasteiger partial charge in [-0.1, -0.05) is 12.8 Å². The molecule has 1 saturated heterocycles. The van der Waals surface area contributed by atoms with E-state index in [4.69, 9.17) is 5.73 Å². The van der Waals surface area contributed by atoms with E-state index in [0.29, 0.717) is 0 Å². The van der Waals surface area contributed by atoms with Crippen LogP contribution >= 0.6 is 0 Å². The molecule has 3 rings (SSSR count). The summed E-state index contributed by atoms with van der Waals surface area (Å²) in [6.07, 6.45) is 10.0. The minimum absolute atomic E-state index is 0.0335. The molecule has 2 heterocycles. The van der Waals surface area contributed by atoms with Crippen molar-refractivity contribution >= 4 is 5.91 Å². The SMILES string of the molecule is NC1CCCCC1C(=O)N1CCCC1c1ccncc1. The molecule has 108 valence electrons. The summed E-state index contributed by atoms with van der Waals surface area (Å²) in [5.74, 6) is 0.308. The highest BCUT2D eigenvalue weighted by atomic mass is 16.2. The van der Waals surface area contributed by atoms with E-state index < -0.39 is 0 Å². The highest BCUT2D eigenvalue weighted by Crippen LogP contribution is 2.35. The van der Waals surface area contributed by atoms with Crippen LogP contribution in [-0.4, -0.2) is 28.4 Å². The number of carbonyl (C=O) groups is 1. The number of pyridine rings is 1. The van der Waals surface area contributed by atoms with Crippen molar-refractivity contribution in [2.45, 2.75) is 50.6 Å². The lowest BCUT2D eigenvalue weighted by Gasteiger charge is -2.34. The maximum absolute atomic E-state index is 12.8. The second kappa shape index (κ2) is 5.92. The van der Waals surface area contributed by atoms with Gasteiger partial charge in [-0.15, -0.1) is 0 Å². The van der Waals surface area contributed by atoms with Crippen molar-refractivity contribution in [3.05, 3.63) is 30.1 Å². The van der Waals surface area contributed by atoms with E-state index in [0.717, 1.165) is 38.6 Å². The van der Waals surface area contributed by atoms with Gasteiger partial charge in [0.25, 0.3) is 0 Å². The number of rotatable bonds is 2. The average molecular weight is 273 g/mol. The van der Waals surface area contributed by atoms with Crippen LogP contribution in [0.4, 0.5) is 0 Å². The van der Waals surface area contributed by atoms with Gasteiger partial charge in [-0.05, 0) is 43.4 Å². The van der Waals surface area contributed by atoms with E-state index in [-0.39, 0.29) is 23.9 Å². The Bertz CT molecular complexity index is 462. The molecule has 20 heavy (non-hydrogen) atoms. The van der Waals surface area contributed by atoms with Gasteiger partial charge in [0.1, 0.15) is 0 Å². The van der Waals surface area contributed by atoms with Gasteiger partial charge in [0, 0.05) is 25.0 Å². The fourth-order valence-corrected chi connectivity index (χ4v) is 3.64. The summed E-state index contributed by atoms with van der Waals surface area (Å²) < 4.78 is 0. The first-order chi connectivity index (χ1) is 9.77. The van der Waals surface area contributed by atoms with Gasteiger partial charge in [-0.25, -0.2) is 0 Å². The summed E-state index contributed by atoms with van der Waals surface area (Å²) in [4.78, 5) is 19.0. The molecule has 3 atom stereocenters. The Hall–Kier alpha value is -1.42. The predicted molar refractivity (Wildman–Crippen MR) is 77.9 cm³/mol. The maximum Gasteiger partial charge on any atom is 0.227 e. The molecule has 2 N–H and O–H groups in total. The van der Waals surface area contributed by atoms with E-state index >= 15 is 0 Å². The Labute approximate surface area is 120 Å². The fourth-order valence-electron chi connectivity index (χ4n) is 3.64. The summed E-state index contributed by atoms with van der Waals surface area (Å²) in [6, 6.07) is 4.32. The Morgan fingerprint density at radius 1 is 1.15 bits per heavy atom. The molecule has 2 fully saturated rings. The van der Waals surface area contributed by atoms with Crippen molar-refractivity contribution in [2.24, 2.45) is 11.7 Å². The van der Waals surface area contributed by atoms with E-state index in [1.165, 1.54) is 12.0 Å². The molecule has 1 aromatic heterocycles. The largest absolute Gasteiger partial charge is 0.335 e. The highest BCUT2D eigenvalue weighted by molar-refractivity contribution is 5.80. The molecule has 1 amide bonds. The van der Waals surface area contributed by atoms with Crippen LogP contribution in [0.1, 0.15) is 50.1 Å². The number of nitrogens with zero attached hydrogens (tertiary/aromatic N) is 2. The van der Waals surface area contributed by atoms with Crippen molar-refractivity contribution in [1.29, 1.82) is 0 Å². The molecule has 4 heteroatoms. The van der Waals surface area contributed by atoms with Gasteiger partial charge < -0.3 is 10.6 Å². The van der Waals surface area contributed by atoms with Crippen LogP contribution in [0.2, 0.25) is 0 Å². The van der Waals surface area contributed by atoms with E-state index in [1.54, 1.807) is 0 Å². The zero-order valence-corrected chi connectivity index (χ0v) is 11.9. The number of hydrogen-bond acceptors (Lipinski definition) is 3. The van der Waals surface area contributed by atoms with Crippen molar-refractivity contribution in [1.82, 2.24) is 9.88 Å². The molecule has 0 aromatic carbocycles. The molecule has 1 aliphatic carbocycles. The molecule has 1 saturated carbocycles. The van der Waals surface area contributed by atoms with E-state index in [2.05, 4.69) is 9.88 Å². The molecule has 4 nitrogen and oxygen atoms in total. The molecule has 2 aliphatic rings. The molecular weight excluding hydrogens is 250 g/mol. The minimum Gasteiger partial charge on any atom is -0.335 e. The summed E-state index contributed by atoms with van der Waals surface area (Å²) in [5, 5.41) is 0. The third-order valence-electron chi connectivity index (χ3n) is 4.76. The van der Waals surface area contributed by atoms with Gasteiger partial charge in [-0.2, -0.15) is 0 Å². The normalized spacial score (nSPS) is 30.4. The number of hydrogen-bond donors (Lipinski definition) is 1. The predicted octanol–water partition coefficient (Wildman–Crippen LogP) is 2.26. The Kier molecular flexibility index (Phi) is 4.01. The first-order valence-corrected chi connectivity index (χ1v) is 7.73. The topological polar surface area (TPSA) is 59.2 Å². The molecular formula is C16H23N3O. The molecule has 1 aliphatic heterocycles. The van der Waals surface area contributed by atoms with Crippen LogP contribution in [0.15, 0.2) is 24.5 Å². The Morgan fingerprint density at radius 2 is 1.90 bits per heavy atom. The smallest absolute Gasteiger partial charge is 0.227 e. The standard InChI is InChI=1S/C16H23N3O/c17-14-5-2-1-4-13(14)16(20)19-11-3-6-15(19)12-7-9-18-10-8-12/h7-10,13-15H,1-6,11,17H2. The van der Waals surface area contributed by atoms with E-state index in [9.17, 15) is 4.79 Å². The summed E-state index contributed by atoms with van der Waals surface area (Å²) in [6.45, 7) is 0.870. The molecule has 0 spiro atoms. The van der Waals surface area contributed by atoms with Gasteiger partial charge >= 0.3 is 0 Å². The minimum atomic E-state index is 0.0335. The van der Waals surface area contributed by atoms with Crippen molar-refractivity contribution in [3.63, 3.8) is 0 Å². The molecule has 0 radical (unpaired) electrons. The number of carbonyl (C=O) groups excluding carboxylic acids is 1. The third kappa shape index (κ3) is 2.57. The monoisotopic (exact) mass is 273 g/mol. The quantitative estimate of drug-likeness (QED) is 0.899. The molecule has 1 aromatic rings. The van der Waals surface area contributed by atoms with Crippen molar-refractivity contribution < 1.29 is 4.79 Å². The third-order valence-corrected chi connectivity index (χ3v) is 4.76. The number of nitrogens with two attached hydrogens (primary N) is 1. The first kappa shape index (κ1) is 13.6. The average Bonchev–Trinajstić information content (AvgIpc) is 2.97. The number of aromatic nitrogens is 1. The van der Waals surface area contributed by atoms with Crippen molar-refractivity contribution in [2.75, 3.05) is 6.54 Å². The van der Waals surface area contributed by atoms with Crippen LogP contribution in [0.5, 0.6) is 0 Å². The number of likely N-dealkylation sites (tertiary alicyclic amines) is 1. The van der Waals surface area contributed by atoms with Crippen molar-refractivity contribution in [3.8, 4) is 0 Å².